The highest BCUT2D eigenvalue weighted by Crippen LogP contribution is 2.55. The highest BCUT2D eigenvalue weighted by atomic mass is 19.4. The number of carbonyl (C=O) groups excluding carboxylic acids is 2. The van der Waals surface area contributed by atoms with Crippen LogP contribution in [-0.4, -0.2) is 38.1 Å². The first-order valence-electron chi connectivity index (χ1n) is 14.9. The van der Waals surface area contributed by atoms with Gasteiger partial charge in [-0.2, -0.15) is 13.2 Å². The van der Waals surface area contributed by atoms with Gasteiger partial charge >= 0.3 is 6.18 Å². The third-order valence-electron chi connectivity index (χ3n) is 9.22. The van der Waals surface area contributed by atoms with Crippen molar-refractivity contribution >= 4 is 23.1 Å². The van der Waals surface area contributed by atoms with E-state index in [2.05, 4.69) is 28.1 Å². The number of carbonyl (C=O) groups is 2. The number of hydrogen-bond donors (Lipinski definition) is 3. The largest absolute Gasteiger partial charge is 0.496 e. The van der Waals surface area contributed by atoms with Gasteiger partial charge in [0.25, 0.3) is 5.91 Å². The average molecular weight is 598 g/mol. The second-order valence-corrected chi connectivity index (χ2v) is 12.0. The number of alkyl halides is 3. The Morgan fingerprint density at radius 1 is 1.07 bits per heavy atom. The molecule has 0 spiro atoms. The maximum atomic E-state index is 13.8. The Bertz CT molecular complexity index is 1480. The summed E-state index contributed by atoms with van der Waals surface area (Å²) in [5.74, 6) is -1.21. The monoisotopic (exact) mass is 597 g/mol. The zero-order valence-electron chi connectivity index (χ0n) is 23.9. The van der Waals surface area contributed by atoms with Crippen molar-refractivity contribution in [3.63, 3.8) is 0 Å². The molecule has 3 N–H and O–H groups in total. The van der Waals surface area contributed by atoms with E-state index in [1.165, 1.54) is 12.7 Å². The van der Waals surface area contributed by atoms with Crippen LogP contribution in [0, 0.1) is 29.5 Å². The number of allylic oxidation sites excluding steroid dienone is 1. The second-order valence-electron chi connectivity index (χ2n) is 12.0. The van der Waals surface area contributed by atoms with Gasteiger partial charge in [-0.3, -0.25) is 9.59 Å². The Hall–Kier alpha value is -3.66. The summed E-state index contributed by atoms with van der Waals surface area (Å²) in [6, 6.07) is 7.70. The molecule has 2 aromatic rings. The molecule has 4 aliphatic rings. The van der Waals surface area contributed by atoms with Crippen LogP contribution >= 0.6 is 0 Å². The van der Waals surface area contributed by atoms with Crippen molar-refractivity contribution < 1.29 is 31.9 Å². The number of benzene rings is 2. The minimum absolute atomic E-state index is 0.0164. The molecule has 0 aromatic heterocycles. The number of rotatable bonds is 8. The third-order valence-corrected chi connectivity index (χ3v) is 9.22. The fraction of sp³-hybridized carbons (Fsp3) is 0.455. The number of halogens is 4. The van der Waals surface area contributed by atoms with E-state index in [4.69, 9.17) is 4.74 Å². The lowest BCUT2D eigenvalue weighted by molar-refractivity contribution is -0.140. The Balaban J connectivity index is 1.24. The molecule has 2 aromatic carbocycles. The van der Waals surface area contributed by atoms with Gasteiger partial charge in [0.15, 0.2) is 0 Å². The van der Waals surface area contributed by atoms with Crippen LogP contribution < -0.4 is 20.7 Å². The summed E-state index contributed by atoms with van der Waals surface area (Å²) in [5, 5.41) is 9.12. The molecule has 10 heteroatoms. The van der Waals surface area contributed by atoms with Crippen molar-refractivity contribution in [1.29, 1.82) is 0 Å². The summed E-state index contributed by atoms with van der Waals surface area (Å²) in [6.45, 7) is 1.62. The molecule has 1 heterocycles. The quantitative estimate of drug-likeness (QED) is 0.245. The Morgan fingerprint density at radius 3 is 2.56 bits per heavy atom. The van der Waals surface area contributed by atoms with Crippen LogP contribution in [0.1, 0.15) is 60.0 Å². The van der Waals surface area contributed by atoms with E-state index in [0.29, 0.717) is 35.9 Å². The molecular weight excluding hydrogens is 562 g/mol. The number of fused-ring (bicyclic) bond motifs is 2. The standard InChI is InChI=1S/C33H35F4N3O3/c1-43-29-11-6-19(20-3-2-12-38-17-20)14-26(29)32(42)40-31-23-9-8-22(24(23)13-18-4-5-18)25(31)16-30(41)39-21-7-10-28(34)27(15-21)33(35,36)37/h3,6-7,10-11,13-15,18,22-23,25,31,38H,2,4-5,8-9,12,16-17H2,1H3,(H,39,41)(H,40,42)/b24-13-/t22-,23+,25-,31-/m0/s1. The van der Waals surface area contributed by atoms with E-state index < -0.39 is 23.5 Å². The summed E-state index contributed by atoms with van der Waals surface area (Å²) in [5.41, 5.74) is 2.20. The van der Waals surface area contributed by atoms with Gasteiger partial charge in [0.05, 0.1) is 18.2 Å². The third kappa shape index (κ3) is 6.20. The van der Waals surface area contributed by atoms with E-state index in [1.54, 1.807) is 6.07 Å². The minimum atomic E-state index is -4.88. The first-order chi connectivity index (χ1) is 20.6. The normalized spacial score (nSPS) is 25.9. The molecule has 1 aliphatic heterocycles. The number of nitrogens with one attached hydrogen (secondary N) is 3. The molecule has 3 saturated carbocycles. The van der Waals surface area contributed by atoms with E-state index in [9.17, 15) is 27.2 Å². The number of ether oxygens (including phenoxy) is 1. The molecule has 4 atom stereocenters. The molecule has 6 rings (SSSR count). The smallest absolute Gasteiger partial charge is 0.419 e. The predicted molar refractivity (Wildman–Crippen MR) is 155 cm³/mol. The van der Waals surface area contributed by atoms with Gasteiger partial charge in [0.2, 0.25) is 5.91 Å². The van der Waals surface area contributed by atoms with Gasteiger partial charge in [-0.1, -0.05) is 23.8 Å². The first-order valence-corrected chi connectivity index (χ1v) is 14.9. The van der Waals surface area contributed by atoms with Crippen molar-refractivity contribution in [2.24, 2.45) is 23.7 Å². The van der Waals surface area contributed by atoms with Crippen molar-refractivity contribution in [3.8, 4) is 5.75 Å². The molecule has 3 aliphatic carbocycles. The average Bonchev–Trinajstić information content (AvgIpc) is 3.67. The molecule has 3 fully saturated rings. The molecule has 0 radical (unpaired) electrons. The first kappa shape index (κ1) is 29.4. The molecule has 228 valence electrons. The number of amides is 2. The molecule has 6 nitrogen and oxygen atoms in total. The van der Waals surface area contributed by atoms with Gasteiger partial charge in [0.1, 0.15) is 11.6 Å². The molecule has 2 bridgehead atoms. The zero-order chi connectivity index (χ0) is 30.3. The van der Waals surface area contributed by atoms with Gasteiger partial charge in [-0.25, -0.2) is 4.39 Å². The molecule has 0 unspecified atom stereocenters. The predicted octanol–water partition coefficient (Wildman–Crippen LogP) is 6.35. The van der Waals surface area contributed by atoms with Gasteiger partial charge in [-0.15, -0.1) is 0 Å². The number of anilines is 1. The van der Waals surface area contributed by atoms with Crippen LogP contribution in [0.2, 0.25) is 0 Å². The molecule has 43 heavy (non-hydrogen) atoms. The Kier molecular flexibility index (Phi) is 8.06. The van der Waals surface area contributed by atoms with Crippen LogP contribution in [0.4, 0.5) is 23.2 Å². The fourth-order valence-corrected chi connectivity index (χ4v) is 7.05. The minimum Gasteiger partial charge on any atom is -0.496 e. The lowest BCUT2D eigenvalue weighted by Gasteiger charge is -2.31. The van der Waals surface area contributed by atoms with Crippen LogP contribution in [0.15, 0.2) is 54.1 Å². The second kappa shape index (κ2) is 11.8. The molecule has 2 amide bonds. The van der Waals surface area contributed by atoms with Crippen LogP contribution in [0.5, 0.6) is 5.75 Å². The zero-order valence-corrected chi connectivity index (χ0v) is 23.9. The highest BCUT2D eigenvalue weighted by Gasteiger charge is 2.52. The SMILES string of the molecule is COc1ccc(C2=CCCNC2)cc1C(=O)N[C@@H]1[C@@H](CC(=O)Nc2ccc(F)c(C(F)(F)F)c2)[C@H]2CC[C@@H]1/C2=C\C1CC1. The summed E-state index contributed by atoms with van der Waals surface area (Å²) in [6.07, 6.45) is 4.58. The summed E-state index contributed by atoms with van der Waals surface area (Å²) in [7, 11) is 1.52. The van der Waals surface area contributed by atoms with E-state index in [-0.39, 0.29) is 41.8 Å². The number of methoxy groups -OCH3 is 1. The van der Waals surface area contributed by atoms with Crippen molar-refractivity contribution in [3.05, 3.63) is 76.6 Å². The summed E-state index contributed by atoms with van der Waals surface area (Å²) in [4.78, 5) is 27.0. The maximum absolute atomic E-state index is 13.8. The van der Waals surface area contributed by atoms with Crippen LogP contribution in [0.3, 0.4) is 0 Å². The fourth-order valence-electron chi connectivity index (χ4n) is 7.05. The molecular formula is C33H35F4N3O3. The number of hydrogen-bond acceptors (Lipinski definition) is 4. The lowest BCUT2D eigenvalue weighted by atomic mass is 9.81. The van der Waals surface area contributed by atoms with Gasteiger partial charge in [0, 0.05) is 30.6 Å². The summed E-state index contributed by atoms with van der Waals surface area (Å²) < 4.78 is 59.0. The summed E-state index contributed by atoms with van der Waals surface area (Å²) >= 11 is 0. The van der Waals surface area contributed by atoms with Crippen molar-refractivity contribution in [1.82, 2.24) is 10.6 Å². The lowest BCUT2D eigenvalue weighted by Crippen LogP contribution is -2.45. The Morgan fingerprint density at radius 2 is 1.86 bits per heavy atom. The van der Waals surface area contributed by atoms with Crippen molar-refractivity contribution in [2.75, 3.05) is 25.5 Å². The molecule has 0 saturated heterocycles. The topological polar surface area (TPSA) is 79.5 Å². The van der Waals surface area contributed by atoms with Gasteiger partial charge in [-0.05, 0) is 97.9 Å². The van der Waals surface area contributed by atoms with Crippen LogP contribution in [0.25, 0.3) is 5.57 Å². The van der Waals surface area contributed by atoms with E-state index in [0.717, 1.165) is 55.9 Å². The van der Waals surface area contributed by atoms with Crippen LogP contribution in [-0.2, 0) is 11.0 Å². The van der Waals surface area contributed by atoms with Crippen molar-refractivity contribution in [2.45, 2.75) is 50.7 Å². The highest BCUT2D eigenvalue weighted by molar-refractivity contribution is 5.98. The maximum Gasteiger partial charge on any atom is 0.419 e. The van der Waals surface area contributed by atoms with E-state index in [1.807, 2.05) is 12.1 Å². The Labute approximate surface area is 247 Å². The van der Waals surface area contributed by atoms with E-state index >= 15 is 0 Å². The van der Waals surface area contributed by atoms with Gasteiger partial charge < -0.3 is 20.7 Å².